The maximum absolute atomic E-state index is 14.1. The molecule has 1 aromatic rings. The van der Waals surface area contributed by atoms with Gasteiger partial charge in [-0.25, -0.2) is 8.78 Å². The van der Waals surface area contributed by atoms with Gasteiger partial charge in [0.05, 0.1) is 6.54 Å². The largest absolute Gasteiger partial charge is 0.354 e. The van der Waals surface area contributed by atoms with E-state index < -0.39 is 17.0 Å². The molecule has 6 heteroatoms. The van der Waals surface area contributed by atoms with Crippen molar-refractivity contribution in [1.82, 2.24) is 10.6 Å². The van der Waals surface area contributed by atoms with E-state index in [1.54, 1.807) is 7.05 Å². The summed E-state index contributed by atoms with van der Waals surface area (Å²) in [6.45, 7) is 0.487. The molecule has 21 heavy (non-hydrogen) atoms. The number of halogens is 3. The second kappa shape index (κ2) is 7.71. The van der Waals surface area contributed by atoms with Gasteiger partial charge in [0, 0.05) is 17.5 Å². The molecule has 0 aliphatic heterocycles. The number of benzene rings is 1. The summed E-state index contributed by atoms with van der Waals surface area (Å²) < 4.78 is 28.1. The first kappa shape index (κ1) is 17.9. The third kappa shape index (κ3) is 3.92. The van der Waals surface area contributed by atoms with E-state index in [0.717, 1.165) is 12.8 Å². The van der Waals surface area contributed by atoms with Gasteiger partial charge in [-0.1, -0.05) is 18.9 Å². The van der Waals surface area contributed by atoms with Crippen LogP contribution in [0.25, 0.3) is 0 Å². The zero-order chi connectivity index (χ0) is 14.6. The van der Waals surface area contributed by atoms with Gasteiger partial charge in [0.15, 0.2) is 0 Å². The summed E-state index contributed by atoms with van der Waals surface area (Å²) in [5, 5.41) is 5.54. The molecule has 0 heterocycles. The van der Waals surface area contributed by atoms with E-state index in [1.165, 1.54) is 18.2 Å². The molecule has 0 radical (unpaired) electrons. The van der Waals surface area contributed by atoms with E-state index in [9.17, 15) is 13.6 Å². The number of amides is 1. The highest BCUT2D eigenvalue weighted by Gasteiger charge is 2.40. The number of rotatable bonds is 5. The number of carbonyl (C=O) groups excluding carboxylic acids is 1. The van der Waals surface area contributed by atoms with Crippen molar-refractivity contribution < 1.29 is 13.6 Å². The summed E-state index contributed by atoms with van der Waals surface area (Å²) in [4.78, 5) is 11.6. The van der Waals surface area contributed by atoms with Crippen molar-refractivity contribution in [3.63, 3.8) is 0 Å². The van der Waals surface area contributed by atoms with Crippen LogP contribution in [0.15, 0.2) is 18.2 Å². The number of hydrogen-bond donors (Lipinski definition) is 2. The summed E-state index contributed by atoms with van der Waals surface area (Å²) in [5.41, 5.74) is -0.485. The lowest BCUT2D eigenvalue weighted by atomic mass is 9.78. The molecular weight excluding hydrogens is 298 g/mol. The van der Waals surface area contributed by atoms with Gasteiger partial charge >= 0.3 is 0 Å². The Bertz CT molecular complexity index is 470. The average molecular weight is 319 g/mol. The normalized spacial score (nSPS) is 16.3. The Hall–Kier alpha value is -1.20. The quantitative estimate of drug-likeness (QED) is 0.876. The molecule has 0 spiro atoms. The highest BCUT2D eigenvalue weighted by molar-refractivity contribution is 5.85. The van der Waals surface area contributed by atoms with Gasteiger partial charge in [0.25, 0.3) is 0 Å². The van der Waals surface area contributed by atoms with E-state index >= 15 is 0 Å². The maximum atomic E-state index is 14.1. The minimum Gasteiger partial charge on any atom is -0.354 e. The van der Waals surface area contributed by atoms with Crippen LogP contribution in [0.5, 0.6) is 0 Å². The molecule has 1 saturated carbocycles. The number of likely N-dealkylation sites (N-methyl/N-ethyl adjacent to an activating group) is 1. The Kier molecular flexibility index (Phi) is 6.55. The summed E-state index contributed by atoms with van der Waals surface area (Å²) in [7, 11) is 1.68. The third-order valence-corrected chi connectivity index (χ3v) is 4.02. The second-order valence-corrected chi connectivity index (χ2v) is 5.39. The van der Waals surface area contributed by atoms with Crippen LogP contribution in [-0.4, -0.2) is 26.0 Å². The highest BCUT2D eigenvalue weighted by atomic mass is 35.5. The predicted molar refractivity (Wildman–Crippen MR) is 80.7 cm³/mol. The fourth-order valence-corrected chi connectivity index (χ4v) is 3.06. The first-order chi connectivity index (χ1) is 9.59. The third-order valence-electron chi connectivity index (χ3n) is 4.02. The van der Waals surface area contributed by atoms with E-state index in [0.29, 0.717) is 12.8 Å². The topological polar surface area (TPSA) is 41.1 Å². The Balaban J connectivity index is 0.00000220. The predicted octanol–water partition coefficient (Wildman–Crippen LogP) is 2.53. The molecule has 0 unspecified atom stereocenters. The highest BCUT2D eigenvalue weighted by Crippen LogP contribution is 2.42. The van der Waals surface area contributed by atoms with Crippen molar-refractivity contribution in [3.05, 3.63) is 35.4 Å². The molecule has 3 nitrogen and oxygen atoms in total. The standard InChI is InChI=1S/C15H20F2N2O.ClH/c1-18-9-13(20)19-10-15(7-2-3-8-15)14-11(16)5-4-6-12(14)17;/h4-6,18H,2-3,7-10H2,1H3,(H,19,20);1H. The zero-order valence-electron chi connectivity index (χ0n) is 12.0. The number of hydrogen-bond acceptors (Lipinski definition) is 2. The lowest BCUT2D eigenvalue weighted by Gasteiger charge is -2.30. The fraction of sp³-hybridized carbons (Fsp3) is 0.533. The van der Waals surface area contributed by atoms with Crippen LogP contribution in [0.2, 0.25) is 0 Å². The molecule has 118 valence electrons. The lowest BCUT2D eigenvalue weighted by Crippen LogP contribution is -2.42. The molecule has 0 aromatic heterocycles. The van der Waals surface area contributed by atoms with Crippen molar-refractivity contribution in [1.29, 1.82) is 0 Å². The van der Waals surface area contributed by atoms with Crippen molar-refractivity contribution >= 4 is 18.3 Å². The molecule has 1 aliphatic carbocycles. The smallest absolute Gasteiger partial charge is 0.233 e. The zero-order valence-corrected chi connectivity index (χ0v) is 12.9. The van der Waals surface area contributed by atoms with Crippen LogP contribution < -0.4 is 10.6 Å². The summed E-state index contributed by atoms with van der Waals surface area (Å²) in [6.07, 6.45) is 3.25. The van der Waals surface area contributed by atoms with Crippen molar-refractivity contribution in [2.75, 3.05) is 20.1 Å². The molecule has 0 bridgehead atoms. The first-order valence-corrected chi connectivity index (χ1v) is 6.95. The van der Waals surface area contributed by atoms with Crippen molar-refractivity contribution in [3.8, 4) is 0 Å². The molecule has 2 rings (SSSR count). The monoisotopic (exact) mass is 318 g/mol. The summed E-state index contributed by atoms with van der Waals surface area (Å²) >= 11 is 0. The van der Waals surface area contributed by atoms with Crippen LogP contribution in [0.1, 0.15) is 31.2 Å². The minimum absolute atomic E-state index is 0. The van der Waals surface area contributed by atoms with Gasteiger partial charge in [-0.15, -0.1) is 12.4 Å². The molecule has 0 atom stereocenters. The first-order valence-electron chi connectivity index (χ1n) is 6.95. The van der Waals surface area contributed by atoms with Crippen LogP contribution in [-0.2, 0) is 10.2 Å². The van der Waals surface area contributed by atoms with Crippen molar-refractivity contribution in [2.45, 2.75) is 31.1 Å². The Labute approximate surface area is 129 Å². The van der Waals surface area contributed by atoms with E-state index in [1.807, 2.05) is 0 Å². The van der Waals surface area contributed by atoms with E-state index in [-0.39, 0.29) is 37.0 Å². The van der Waals surface area contributed by atoms with Crippen LogP contribution >= 0.6 is 12.4 Å². The van der Waals surface area contributed by atoms with Crippen LogP contribution in [0.3, 0.4) is 0 Å². The molecular formula is C15H21ClF2N2O. The van der Waals surface area contributed by atoms with Gasteiger partial charge in [-0.3, -0.25) is 4.79 Å². The summed E-state index contributed by atoms with van der Waals surface area (Å²) in [5.74, 6) is -1.19. The summed E-state index contributed by atoms with van der Waals surface area (Å²) in [6, 6.07) is 3.94. The van der Waals surface area contributed by atoms with E-state index in [2.05, 4.69) is 10.6 Å². The average Bonchev–Trinajstić information content (AvgIpc) is 2.86. The molecule has 1 fully saturated rings. The molecule has 1 aromatic carbocycles. The minimum atomic E-state index is -0.612. The molecule has 1 aliphatic rings. The van der Waals surface area contributed by atoms with Gasteiger partial charge < -0.3 is 10.6 Å². The SMILES string of the molecule is CNCC(=O)NCC1(c2c(F)cccc2F)CCCC1.Cl. The Morgan fingerprint density at radius 3 is 2.33 bits per heavy atom. The van der Waals surface area contributed by atoms with Gasteiger partial charge in [-0.2, -0.15) is 0 Å². The van der Waals surface area contributed by atoms with E-state index in [4.69, 9.17) is 0 Å². The second-order valence-electron chi connectivity index (χ2n) is 5.39. The Morgan fingerprint density at radius 1 is 1.24 bits per heavy atom. The molecule has 2 N–H and O–H groups in total. The van der Waals surface area contributed by atoms with Crippen molar-refractivity contribution in [2.24, 2.45) is 0 Å². The van der Waals surface area contributed by atoms with Gasteiger partial charge in [-0.05, 0) is 32.0 Å². The molecule has 1 amide bonds. The number of nitrogens with one attached hydrogen (secondary N) is 2. The molecule has 0 saturated heterocycles. The van der Waals surface area contributed by atoms with Gasteiger partial charge in [0.2, 0.25) is 5.91 Å². The lowest BCUT2D eigenvalue weighted by molar-refractivity contribution is -0.120. The number of carbonyl (C=O) groups is 1. The Morgan fingerprint density at radius 2 is 1.81 bits per heavy atom. The van der Waals surface area contributed by atoms with Crippen LogP contribution in [0.4, 0.5) is 8.78 Å². The maximum Gasteiger partial charge on any atom is 0.233 e. The fourth-order valence-electron chi connectivity index (χ4n) is 3.06. The van der Waals surface area contributed by atoms with Gasteiger partial charge in [0.1, 0.15) is 11.6 Å². The van der Waals surface area contributed by atoms with Crippen LogP contribution in [0, 0.1) is 11.6 Å².